The predicted octanol–water partition coefficient (Wildman–Crippen LogP) is 4.36. The van der Waals surface area contributed by atoms with Gasteiger partial charge in [0.2, 0.25) is 5.91 Å². The number of hydrogen-bond acceptors (Lipinski definition) is 4. The monoisotopic (exact) mass is 371 g/mol. The Morgan fingerprint density at radius 1 is 1.11 bits per heavy atom. The summed E-state index contributed by atoms with van der Waals surface area (Å²) in [6.45, 7) is 1.56. The van der Waals surface area contributed by atoms with E-state index in [1.807, 2.05) is 55.7 Å². The molecular weight excluding hydrogens is 350 g/mol. The molecule has 3 aromatic heterocycles. The highest BCUT2D eigenvalue weighted by molar-refractivity contribution is 5.93. The lowest BCUT2D eigenvalue weighted by molar-refractivity contribution is -0.116. The molecule has 1 N–H and O–H groups in total. The predicted molar refractivity (Wildman–Crippen MR) is 113 cm³/mol. The number of amides is 1. The molecule has 0 saturated carbocycles. The molecule has 0 fully saturated rings. The van der Waals surface area contributed by atoms with Gasteiger partial charge in [-0.1, -0.05) is 12.1 Å². The molecule has 0 aliphatic heterocycles. The van der Waals surface area contributed by atoms with Gasteiger partial charge < -0.3 is 14.8 Å². The molecule has 0 atom stereocenters. The van der Waals surface area contributed by atoms with E-state index < -0.39 is 0 Å². The quantitative estimate of drug-likeness (QED) is 0.579. The minimum atomic E-state index is 0.00418. The molecule has 4 rings (SSSR count). The molecule has 1 amide bonds. The van der Waals surface area contributed by atoms with Crippen molar-refractivity contribution in [3.63, 3.8) is 0 Å². The summed E-state index contributed by atoms with van der Waals surface area (Å²) in [5.74, 6) is 0.767. The van der Waals surface area contributed by atoms with E-state index in [1.165, 1.54) is 0 Å². The van der Waals surface area contributed by atoms with E-state index in [0.717, 1.165) is 39.4 Å². The number of carbonyl (C=O) groups is 1. The van der Waals surface area contributed by atoms with E-state index in [4.69, 9.17) is 0 Å². The van der Waals surface area contributed by atoms with Crippen molar-refractivity contribution in [2.24, 2.45) is 7.05 Å². The maximum atomic E-state index is 11.7. The second kappa shape index (κ2) is 7.15. The first-order chi connectivity index (χ1) is 13.5. The van der Waals surface area contributed by atoms with Gasteiger partial charge in [-0.15, -0.1) is 0 Å². The lowest BCUT2D eigenvalue weighted by atomic mass is 10.1. The Morgan fingerprint density at radius 2 is 1.96 bits per heavy atom. The highest BCUT2D eigenvalue weighted by Crippen LogP contribution is 2.30. The topological polar surface area (TPSA) is 63.1 Å². The first kappa shape index (κ1) is 17.7. The average Bonchev–Trinajstić information content (AvgIpc) is 3.04. The van der Waals surface area contributed by atoms with Crippen LogP contribution in [0.25, 0.3) is 22.2 Å². The van der Waals surface area contributed by atoms with Crippen LogP contribution in [-0.4, -0.2) is 27.5 Å². The highest BCUT2D eigenvalue weighted by Gasteiger charge is 2.12. The summed E-state index contributed by atoms with van der Waals surface area (Å²) in [5, 5.41) is 4.33. The molecule has 4 aromatic rings. The molecule has 0 aliphatic rings. The summed E-state index contributed by atoms with van der Waals surface area (Å²) in [5.41, 5.74) is 4.94. The van der Waals surface area contributed by atoms with Crippen molar-refractivity contribution in [2.45, 2.75) is 6.92 Å². The van der Waals surface area contributed by atoms with Gasteiger partial charge in [-0.3, -0.25) is 9.78 Å². The van der Waals surface area contributed by atoms with Gasteiger partial charge in [0.15, 0.2) is 0 Å². The van der Waals surface area contributed by atoms with Crippen LogP contribution in [0.15, 0.2) is 67.1 Å². The third-order valence-corrected chi connectivity index (χ3v) is 4.86. The van der Waals surface area contributed by atoms with Crippen LogP contribution in [0.1, 0.15) is 6.92 Å². The van der Waals surface area contributed by atoms with E-state index in [9.17, 15) is 4.79 Å². The Labute approximate surface area is 163 Å². The lowest BCUT2D eigenvalue weighted by Crippen LogP contribution is -2.22. The number of nitrogens with zero attached hydrogens (tertiary/aromatic N) is 4. The van der Waals surface area contributed by atoms with Crippen LogP contribution in [0.4, 0.5) is 17.2 Å². The standard InChI is InChI=1S/C22H21N5O/c1-15(28)26(2)19-8-4-6-16(10-19)20-11-17-13-24-22(12-21(17)27(20)3)25-18-7-5-9-23-14-18/h4-14H,1-3H3,(H,24,25). The molecule has 1 aromatic carbocycles. The number of rotatable bonds is 4. The van der Waals surface area contributed by atoms with Crippen molar-refractivity contribution >= 4 is 34.0 Å². The SMILES string of the molecule is CC(=O)N(C)c1cccc(-c2cc3cnc(Nc4cccnc4)cc3n2C)c1. The van der Waals surface area contributed by atoms with E-state index in [1.54, 1.807) is 31.3 Å². The van der Waals surface area contributed by atoms with Gasteiger partial charge in [0, 0.05) is 61.8 Å². The summed E-state index contributed by atoms with van der Waals surface area (Å²) in [6.07, 6.45) is 5.37. The molecule has 0 bridgehead atoms. The van der Waals surface area contributed by atoms with Gasteiger partial charge in [0.1, 0.15) is 5.82 Å². The number of nitrogens with one attached hydrogen (secondary N) is 1. The molecular formula is C22H21N5O. The van der Waals surface area contributed by atoms with Crippen molar-refractivity contribution in [1.82, 2.24) is 14.5 Å². The van der Waals surface area contributed by atoms with Gasteiger partial charge in [0.25, 0.3) is 0 Å². The number of aromatic nitrogens is 3. The molecule has 140 valence electrons. The maximum absolute atomic E-state index is 11.7. The summed E-state index contributed by atoms with van der Waals surface area (Å²) in [6, 6.07) is 15.9. The lowest BCUT2D eigenvalue weighted by Gasteiger charge is -2.16. The fraction of sp³-hybridized carbons (Fsp3) is 0.136. The molecule has 0 aliphatic carbocycles. The summed E-state index contributed by atoms with van der Waals surface area (Å²) < 4.78 is 2.14. The first-order valence-corrected chi connectivity index (χ1v) is 9.00. The van der Waals surface area contributed by atoms with Crippen molar-refractivity contribution < 1.29 is 4.79 Å². The average molecular weight is 371 g/mol. The van der Waals surface area contributed by atoms with Gasteiger partial charge >= 0.3 is 0 Å². The van der Waals surface area contributed by atoms with Crippen molar-refractivity contribution in [2.75, 3.05) is 17.3 Å². The number of carbonyl (C=O) groups excluding carboxylic acids is 1. The zero-order chi connectivity index (χ0) is 19.7. The Balaban J connectivity index is 1.72. The first-order valence-electron chi connectivity index (χ1n) is 9.00. The molecule has 6 heteroatoms. The Hall–Kier alpha value is -3.67. The third-order valence-electron chi connectivity index (χ3n) is 4.86. The molecule has 28 heavy (non-hydrogen) atoms. The number of aryl methyl sites for hydroxylation is 1. The molecule has 0 unspecified atom stereocenters. The minimum Gasteiger partial charge on any atom is -0.343 e. The molecule has 6 nitrogen and oxygen atoms in total. The van der Waals surface area contributed by atoms with E-state index in [2.05, 4.69) is 25.9 Å². The fourth-order valence-electron chi connectivity index (χ4n) is 3.22. The zero-order valence-corrected chi connectivity index (χ0v) is 16.0. The summed E-state index contributed by atoms with van der Waals surface area (Å²) in [4.78, 5) is 22.0. The van der Waals surface area contributed by atoms with Gasteiger partial charge in [-0.25, -0.2) is 4.98 Å². The Bertz CT molecular complexity index is 1150. The maximum Gasteiger partial charge on any atom is 0.223 e. The number of hydrogen-bond donors (Lipinski definition) is 1. The number of anilines is 3. The molecule has 0 radical (unpaired) electrons. The number of fused-ring (bicyclic) bond motifs is 1. The molecule has 0 saturated heterocycles. The van der Waals surface area contributed by atoms with Crippen LogP contribution in [-0.2, 0) is 11.8 Å². The highest BCUT2D eigenvalue weighted by atomic mass is 16.2. The second-order valence-corrected chi connectivity index (χ2v) is 6.71. The van der Waals surface area contributed by atoms with Gasteiger partial charge in [0.05, 0.1) is 17.4 Å². The number of pyridine rings is 2. The van der Waals surface area contributed by atoms with Crippen LogP contribution < -0.4 is 10.2 Å². The minimum absolute atomic E-state index is 0.00418. The molecule has 0 spiro atoms. The normalized spacial score (nSPS) is 10.8. The largest absolute Gasteiger partial charge is 0.343 e. The summed E-state index contributed by atoms with van der Waals surface area (Å²) in [7, 11) is 3.82. The van der Waals surface area contributed by atoms with Crippen LogP contribution >= 0.6 is 0 Å². The smallest absolute Gasteiger partial charge is 0.223 e. The van der Waals surface area contributed by atoms with E-state index in [0.29, 0.717) is 0 Å². The second-order valence-electron chi connectivity index (χ2n) is 6.71. The van der Waals surface area contributed by atoms with Crippen molar-refractivity contribution in [1.29, 1.82) is 0 Å². The Morgan fingerprint density at radius 3 is 2.71 bits per heavy atom. The zero-order valence-electron chi connectivity index (χ0n) is 16.0. The third kappa shape index (κ3) is 3.32. The van der Waals surface area contributed by atoms with E-state index in [-0.39, 0.29) is 5.91 Å². The van der Waals surface area contributed by atoms with E-state index >= 15 is 0 Å². The van der Waals surface area contributed by atoms with Crippen LogP contribution in [0.5, 0.6) is 0 Å². The van der Waals surface area contributed by atoms with Gasteiger partial charge in [-0.2, -0.15) is 0 Å². The van der Waals surface area contributed by atoms with Crippen LogP contribution in [0.2, 0.25) is 0 Å². The number of benzene rings is 1. The van der Waals surface area contributed by atoms with Crippen molar-refractivity contribution in [3.05, 3.63) is 67.1 Å². The van der Waals surface area contributed by atoms with Crippen LogP contribution in [0.3, 0.4) is 0 Å². The van der Waals surface area contributed by atoms with Gasteiger partial charge in [-0.05, 0) is 30.3 Å². The van der Waals surface area contributed by atoms with Crippen molar-refractivity contribution in [3.8, 4) is 11.3 Å². The fourth-order valence-corrected chi connectivity index (χ4v) is 3.22. The Kier molecular flexibility index (Phi) is 4.53. The molecule has 3 heterocycles. The summed E-state index contributed by atoms with van der Waals surface area (Å²) >= 11 is 0. The van der Waals surface area contributed by atoms with Crippen LogP contribution in [0, 0.1) is 0 Å².